The fourth-order valence-electron chi connectivity index (χ4n) is 2.26. The Bertz CT molecular complexity index is 442. The molecule has 1 saturated heterocycles. The molecule has 1 fully saturated rings. The van der Waals surface area contributed by atoms with Crippen LogP contribution in [0.15, 0.2) is 18.2 Å². The lowest BCUT2D eigenvalue weighted by atomic mass is 10.0. The Hall–Kier alpha value is -1.75. The van der Waals surface area contributed by atoms with E-state index in [1.165, 1.54) is 7.11 Å². The molecule has 0 bridgehead atoms. The summed E-state index contributed by atoms with van der Waals surface area (Å²) in [5, 5.41) is 3.26. The van der Waals surface area contributed by atoms with Gasteiger partial charge in [-0.2, -0.15) is 0 Å². The number of para-hydroxylation sites is 1. The molecule has 0 spiro atoms. The van der Waals surface area contributed by atoms with Crippen LogP contribution in [0.1, 0.15) is 23.2 Å². The largest absolute Gasteiger partial charge is 0.465 e. The Morgan fingerprint density at radius 3 is 3.11 bits per heavy atom. The summed E-state index contributed by atoms with van der Waals surface area (Å²) in [5.74, 6) is 0.0774. The lowest BCUT2D eigenvalue weighted by molar-refractivity contribution is 0.0592. The second kappa shape index (κ2) is 6.43. The number of methoxy groups -OCH3 is 1. The summed E-state index contributed by atoms with van der Waals surface area (Å²) in [7, 11) is 1.37. The molecule has 1 aliphatic rings. The first-order valence-electron chi connectivity index (χ1n) is 6.50. The van der Waals surface area contributed by atoms with Crippen LogP contribution in [0.2, 0.25) is 0 Å². The minimum Gasteiger partial charge on any atom is -0.465 e. The van der Waals surface area contributed by atoms with Crippen molar-refractivity contribution in [2.75, 3.05) is 37.9 Å². The summed E-state index contributed by atoms with van der Waals surface area (Å²) in [5.41, 5.74) is 7.61. The molecule has 5 nitrogen and oxygen atoms in total. The van der Waals surface area contributed by atoms with Crippen LogP contribution in [0.4, 0.5) is 11.4 Å². The van der Waals surface area contributed by atoms with Gasteiger partial charge in [-0.05, 0) is 30.9 Å². The van der Waals surface area contributed by atoms with Crippen LogP contribution in [0.25, 0.3) is 0 Å². The molecule has 0 aliphatic carbocycles. The van der Waals surface area contributed by atoms with Crippen molar-refractivity contribution in [2.45, 2.75) is 12.8 Å². The third-order valence-electron chi connectivity index (χ3n) is 3.32. The third kappa shape index (κ3) is 3.38. The molecular formula is C14H20N2O3. The van der Waals surface area contributed by atoms with Crippen molar-refractivity contribution in [3.8, 4) is 0 Å². The Morgan fingerprint density at radius 1 is 1.58 bits per heavy atom. The van der Waals surface area contributed by atoms with Gasteiger partial charge >= 0.3 is 5.97 Å². The van der Waals surface area contributed by atoms with Crippen LogP contribution in [-0.2, 0) is 9.47 Å². The average Bonchev–Trinajstić information content (AvgIpc) is 2.46. The van der Waals surface area contributed by atoms with Gasteiger partial charge in [0, 0.05) is 13.2 Å². The first-order valence-corrected chi connectivity index (χ1v) is 6.50. The van der Waals surface area contributed by atoms with E-state index in [1.54, 1.807) is 18.2 Å². The second-order valence-corrected chi connectivity index (χ2v) is 4.73. The average molecular weight is 264 g/mol. The van der Waals surface area contributed by atoms with Crippen molar-refractivity contribution in [1.29, 1.82) is 0 Å². The normalized spacial score (nSPS) is 18.9. The maximum Gasteiger partial charge on any atom is 0.340 e. The fourth-order valence-corrected chi connectivity index (χ4v) is 2.26. The number of benzene rings is 1. The van der Waals surface area contributed by atoms with Crippen molar-refractivity contribution in [2.24, 2.45) is 5.92 Å². The van der Waals surface area contributed by atoms with Gasteiger partial charge in [0.2, 0.25) is 0 Å². The number of nitrogen functional groups attached to an aromatic ring is 1. The van der Waals surface area contributed by atoms with Gasteiger partial charge in [0.05, 0.1) is 30.7 Å². The summed E-state index contributed by atoms with van der Waals surface area (Å²) in [6, 6.07) is 5.23. The van der Waals surface area contributed by atoms with Gasteiger partial charge in [-0.1, -0.05) is 6.07 Å². The molecular weight excluding hydrogens is 244 g/mol. The first-order chi connectivity index (χ1) is 9.22. The Kier molecular flexibility index (Phi) is 4.63. The van der Waals surface area contributed by atoms with Crippen molar-refractivity contribution in [3.05, 3.63) is 23.8 Å². The Labute approximate surface area is 113 Å². The van der Waals surface area contributed by atoms with Crippen molar-refractivity contribution < 1.29 is 14.3 Å². The minimum atomic E-state index is -0.380. The third-order valence-corrected chi connectivity index (χ3v) is 3.32. The number of carbonyl (C=O) groups is 1. The summed E-state index contributed by atoms with van der Waals surface area (Å²) in [6.45, 7) is 2.35. The minimum absolute atomic E-state index is 0.380. The zero-order valence-electron chi connectivity index (χ0n) is 11.1. The van der Waals surface area contributed by atoms with Crippen LogP contribution in [0.5, 0.6) is 0 Å². The number of carbonyl (C=O) groups excluding carboxylic acids is 1. The number of ether oxygens (including phenoxy) is 2. The quantitative estimate of drug-likeness (QED) is 0.641. The van der Waals surface area contributed by atoms with E-state index in [9.17, 15) is 4.79 Å². The van der Waals surface area contributed by atoms with Gasteiger partial charge in [-0.25, -0.2) is 4.79 Å². The molecule has 1 unspecified atom stereocenters. The molecule has 1 aromatic rings. The molecule has 104 valence electrons. The standard InChI is InChI=1S/C14H20N2O3/c1-18-14(17)11-5-2-6-12(15)13(11)16-8-10-4-3-7-19-9-10/h2,5-6,10,16H,3-4,7-9,15H2,1H3. The van der Waals surface area contributed by atoms with E-state index in [0.29, 0.717) is 22.9 Å². The van der Waals surface area contributed by atoms with E-state index >= 15 is 0 Å². The highest BCUT2D eigenvalue weighted by atomic mass is 16.5. The van der Waals surface area contributed by atoms with Crippen molar-refractivity contribution in [1.82, 2.24) is 0 Å². The predicted molar refractivity (Wildman–Crippen MR) is 74.2 cm³/mol. The molecule has 0 amide bonds. The Morgan fingerprint density at radius 2 is 2.42 bits per heavy atom. The fraction of sp³-hybridized carbons (Fsp3) is 0.500. The molecule has 1 atom stereocenters. The summed E-state index contributed by atoms with van der Waals surface area (Å²) >= 11 is 0. The zero-order chi connectivity index (χ0) is 13.7. The maximum atomic E-state index is 11.7. The van der Waals surface area contributed by atoms with Crippen molar-refractivity contribution >= 4 is 17.3 Å². The molecule has 3 N–H and O–H groups in total. The summed E-state index contributed by atoms with van der Waals surface area (Å²) < 4.78 is 10.2. The van der Waals surface area contributed by atoms with Gasteiger partial charge in [0.25, 0.3) is 0 Å². The highest BCUT2D eigenvalue weighted by molar-refractivity contribution is 5.98. The lowest BCUT2D eigenvalue weighted by Crippen LogP contribution is -2.25. The molecule has 0 aromatic heterocycles. The van der Waals surface area contributed by atoms with Crippen LogP contribution in [0.3, 0.4) is 0 Å². The van der Waals surface area contributed by atoms with Gasteiger partial charge < -0.3 is 20.5 Å². The molecule has 1 aromatic carbocycles. The SMILES string of the molecule is COC(=O)c1cccc(N)c1NCC1CCCOC1. The molecule has 0 radical (unpaired) electrons. The van der Waals surface area contributed by atoms with Gasteiger partial charge in [-0.15, -0.1) is 0 Å². The number of nitrogens with two attached hydrogens (primary N) is 1. The van der Waals surface area contributed by atoms with Gasteiger partial charge in [-0.3, -0.25) is 0 Å². The molecule has 1 heterocycles. The van der Waals surface area contributed by atoms with Crippen LogP contribution >= 0.6 is 0 Å². The molecule has 1 aliphatic heterocycles. The van der Waals surface area contributed by atoms with E-state index in [-0.39, 0.29) is 5.97 Å². The van der Waals surface area contributed by atoms with Crippen LogP contribution in [0, 0.1) is 5.92 Å². The Balaban J connectivity index is 2.07. The zero-order valence-corrected chi connectivity index (χ0v) is 11.1. The van der Waals surface area contributed by atoms with Crippen LogP contribution in [-0.4, -0.2) is 32.8 Å². The molecule has 0 saturated carbocycles. The highest BCUT2D eigenvalue weighted by Gasteiger charge is 2.17. The molecule has 19 heavy (non-hydrogen) atoms. The molecule has 5 heteroatoms. The number of esters is 1. The second-order valence-electron chi connectivity index (χ2n) is 4.73. The van der Waals surface area contributed by atoms with E-state index in [2.05, 4.69) is 5.32 Å². The maximum absolute atomic E-state index is 11.7. The van der Waals surface area contributed by atoms with Crippen molar-refractivity contribution in [3.63, 3.8) is 0 Å². The number of nitrogens with one attached hydrogen (secondary N) is 1. The number of anilines is 2. The van der Waals surface area contributed by atoms with E-state index < -0.39 is 0 Å². The van der Waals surface area contributed by atoms with E-state index in [1.807, 2.05) is 0 Å². The van der Waals surface area contributed by atoms with E-state index in [0.717, 1.165) is 32.6 Å². The number of hydrogen-bond acceptors (Lipinski definition) is 5. The first kappa shape index (κ1) is 13.7. The lowest BCUT2D eigenvalue weighted by Gasteiger charge is -2.23. The smallest absolute Gasteiger partial charge is 0.340 e. The van der Waals surface area contributed by atoms with E-state index in [4.69, 9.17) is 15.2 Å². The van der Waals surface area contributed by atoms with Gasteiger partial charge in [0.15, 0.2) is 0 Å². The highest BCUT2D eigenvalue weighted by Crippen LogP contribution is 2.25. The predicted octanol–water partition coefficient (Wildman–Crippen LogP) is 1.89. The topological polar surface area (TPSA) is 73.6 Å². The van der Waals surface area contributed by atoms with Gasteiger partial charge in [0.1, 0.15) is 0 Å². The summed E-state index contributed by atoms with van der Waals surface area (Å²) in [4.78, 5) is 11.7. The summed E-state index contributed by atoms with van der Waals surface area (Å²) in [6.07, 6.45) is 2.22. The number of rotatable bonds is 4. The number of hydrogen-bond donors (Lipinski definition) is 2. The molecule has 2 rings (SSSR count). The monoisotopic (exact) mass is 264 g/mol. The van der Waals surface area contributed by atoms with Crippen LogP contribution < -0.4 is 11.1 Å².